The summed E-state index contributed by atoms with van der Waals surface area (Å²) in [4.78, 5) is 16.5. The van der Waals surface area contributed by atoms with E-state index in [4.69, 9.17) is 4.42 Å². The van der Waals surface area contributed by atoms with Crippen molar-refractivity contribution >= 4 is 17.7 Å². The molecule has 128 valence electrons. The van der Waals surface area contributed by atoms with Gasteiger partial charge in [0, 0.05) is 23.4 Å². The Kier molecular flexibility index (Phi) is 5.93. The van der Waals surface area contributed by atoms with Crippen LogP contribution in [0.3, 0.4) is 0 Å². The van der Waals surface area contributed by atoms with Crippen molar-refractivity contribution < 1.29 is 9.21 Å². The molecule has 1 fully saturated rings. The number of hydrogen-bond acceptors (Lipinski definition) is 5. The van der Waals surface area contributed by atoms with Crippen LogP contribution in [0.25, 0.3) is 11.5 Å². The van der Waals surface area contributed by atoms with E-state index in [1.54, 1.807) is 18.0 Å². The van der Waals surface area contributed by atoms with Gasteiger partial charge in [-0.15, -0.1) is 11.8 Å². The van der Waals surface area contributed by atoms with Crippen molar-refractivity contribution in [3.8, 4) is 11.5 Å². The molecule has 3 rings (SSSR count). The summed E-state index contributed by atoms with van der Waals surface area (Å²) in [7, 11) is 0. The molecule has 24 heavy (non-hydrogen) atoms. The summed E-state index contributed by atoms with van der Waals surface area (Å²) < 4.78 is 5.51. The van der Waals surface area contributed by atoms with E-state index < -0.39 is 0 Å². The van der Waals surface area contributed by atoms with E-state index in [2.05, 4.69) is 22.5 Å². The molecule has 2 N–H and O–H groups in total. The number of rotatable bonds is 6. The largest absolute Gasteiger partial charge is 0.444 e. The Morgan fingerprint density at radius 2 is 2.25 bits per heavy atom. The number of carbonyl (C=O) groups excluding carboxylic acids is 1. The van der Waals surface area contributed by atoms with Crippen LogP contribution in [0.1, 0.15) is 25.5 Å². The second-order valence-electron chi connectivity index (χ2n) is 6.06. The summed E-state index contributed by atoms with van der Waals surface area (Å²) in [5.41, 5.74) is 1.82. The van der Waals surface area contributed by atoms with Gasteiger partial charge in [-0.2, -0.15) is 0 Å². The van der Waals surface area contributed by atoms with Crippen LogP contribution in [-0.2, 0) is 10.5 Å². The molecule has 1 aromatic heterocycles. The van der Waals surface area contributed by atoms with E-state index in [1.807, 2.05) is 30.3 Å². The van der Waals surface area contributed by atoms with Crippen molar-refractivity contribution in [2.45, 2.75) is 37.6 Å². The Hall–Kier alpha value is -1.79. The van der Waals surface area contributed by atoms with Crippen LogP contribution in [-0.4, -0.2) is 35.3 Å². The van der Waals surface area contributed by atoms with Crippen molar-refractivity contribution in [2.24, 2.45) is 0 Å². The monoisotopic (exact) mass is 345 g/mol. The summed E-state index contributed by atoms with van der Waals surface area (Å²) in [6.45, 7) is 3.16. The van der Waals surface area contributed by atoms with Gasteiger partial charge in [-0.05, 0) is 38.4 Å². The number of thioether (sulfide) groups is 1. The minimum Gasteiger partial charge on any atom is -0.444 e. The van der Waals surface area contributed by atoms with Crippen molar-refractivity contribution in [3.63, 3.8) is 0 Å². The van der Waals surface area contributed by atoms with Gasteiger partial charge in [-0.3, -0.25) is 4.79 Å². The van der Waals surface area contributed by atoms with Crippen LogP contribution in [0.4, 0.5) is 0 Å². The van der Waals surface area contributed by atoms with Crippen LogP contribution in [0.15, 0.2) is 41.0 Å². The smallest absolute Gasteiger partial charge is 0.230 e. The maximum atomic E-state index is 12.1. The zero-order valence-corrected chi connectivity index (χ0v) is 14.6. The van der Waals surface area contributed by atoms with Gasteiger partial charge in [-0.1, -0.05) is 18.2 Å². The predicted octanol–water partition coefficient (Wildman–Crippen LogP) is 2.83. The summed E-state index contributed by atoms with van der Waals surface area (Å²) in [5.74, 6) is 1.82. The van der Waals surface area contributed by atoms with Crippen LogP contribution >= 0.6 is 11.8 Å². The number of piperidine rings is 1. The third-order valence-electron chi connectivity index (χ3n) is 4.16. The number of oxazole rings is 1. The topological polar surface area (TPSA) is 67.2 Å². The SMILES string of the molecule is CC1NCCCC1NC(=O)CSCc1coc(-c2ccccc2)n1. The Morgan fingerprint density at radius 3 is 3.04 bits per heavy atom. The van der Waals surface area contributed by atoms with E-state index >= 15 is 0 Å². The predicted molar refractivity (Wildman–Crippen MR) is 96.7 cm³/mol. The maximum absolute atomic E-state index is 12.1. The van der Waals surface area contributed by atoms with Gasteiger partial charge in [0.15, 0.2) is 0 Å². The normalized spacial score (nSPS) is 20.7. The van der Waals surface area contributed by atoms with Crippen molar-refractivity contribution in [1.82, 2.24) is 15.6 Å². The van der Waals surface area contributed by atoms with Crippen LogP contribution in [0.5, 0.6) is 0 Å². The van der Waals surface area contributed by atoms with Gasteiger partial charge in [0.1, 0.15) is 6.26 Å². The van der Waals surface area contributed by atoms with E-state index in [-0.39, 0.29) is 11.9 Å². The number of amides is 1. The van der Waals surface area contributed by atoms with E-state index in [0.717, 1.165) is 30.6 Å². The van der Waals surface area contributed by atoms with Crippen LogP contribution < -0.4 is 10.6 Å². The first-order valence-corrected chi connectivity index (χ1v) is 9.48. The van der Waals surface area contributed by atoms with Crippen LogP contribution in [0.2, 0.25) is 0 Å². The maximum Gasteiger partial charge on any atom is 0.230 e. The van der Waals surface area contributed by atoms with Crippen LogP contribution in [0, 0.1) is 0 Å². The highest BCUT2D eigenvalue weighted by atomic mass is 32.2. The summed E-state index contributed by atoms with van der Waals surface area (Å²) in [6.07, 6.45) is 3.83. The first-order valence-electron chi connectivity index (χ1n) is 8.32. The molecule has 1 aromatic carbocycles. The molecule has 5 nitrogen and oxygen atoms in total. The highest BCUT2D eigenvalue weighted by molar-refractivity contribution is 7.99. The molecule has 0 bridgehead atoms. The number of benzene rings is 1. The molecule has 1 saturated heterocycles. The molecule has 6 heteroatoms. The molecule has 2 atom stereocenters. The Morgan fingerprint density at radius 1 is 1.42 bits per heavy atom. The quantitative estimate of drug-likeness (QED) is 0.843. The highest BCUT2D eigenvalue weighted by Crippen LogP contribution is 2.20. The lowest BCUT2D eigenvalue weighted by Crippen LogP contribution is -2.52. The van der Waals surface area contributed by atoms with Gasteiger partial charge in [0.2, 0.25) is 11.8 Å². The molecule has 0 saturated carbocycles. The number of hydrogen-bond donors (Lipinski definition) is 2. The fourth-order valence-electron chi connectivity index (χ4n) is 2.82. The average Bonchev–Trinajstić information content (AvgIpc) is 3.07. The Bertz CT molecular complexity index is 659. The van der Waals surface area contributed by atoms with Crippen molar-refractivity contribution in [3.05, 3.63) is 42.3 Å². The van der Waals surface area contributed by atoms with Crippen molar-refractivity contribution in [2.75, 3.05) is 12.3 Å². The van der Waals surface area contributed by atoms with Gasteiger partial charge in [0.05, 0.1) is 11.4 Å². The number of aromatic nitrogens is 1. The van der Waals surface area contributed by atoms with Crippen molar-refractivity contribution in [1.29, 1.82) is 0 Å². The molecular formula is C18H23N3O2S. The van der Waals surface area contributed by atoms with Gasteiger partial charge < -0.3 is 15.1 Å². The second-order valence-corrected chi connectivity index (χ2v) is 7.05. The zero-order valence-electron chi connectivity index (χ0n) is 13.8. The fraction of sp³-hybridized carbons (Fsp3) is 0.444. The number of nitrogens with one attached hydrogen (secondary N) is 2. The lowest BCUT2D eigenvalue weighted by molar-refractivity contribution is -0.119. The second kappa shape index (κ2) is 8.35. The molecule has 0 radical (unpaired) electrons. The third kappa shape index (κ3) is 4.61. The van der Waals surface area contributed by atoms with E-state index in [9.17, 15) is 4.79 Å². The Balaban J connectivity index is 1.43. The molecule has 1 aliphatic heterocycles. The van der Waals surface area contributed by atoms with E-state index in [0.29, 0.717) is 23.4 Å². The third-order valence-corrected chi connectivity index (χ3v) is 5.13. The standard InChI is InChI=1S/C18H23N3O2S/c1-13-16(8-5-9-19-13)21-17(22)12-24-11-15-10-23-18(20-15)14-6-3-2-4-7-14/h2-4,6-7,10,13,16,19H,5,8-9,11-12H2,1H3,(H,21,22). The first kappa shape index (κ1) is 17.0. The minimum atomic E-state index is 0.0901. The highest BCUT2D eigenvalue weighted by Gasteiger charge is 2.22. The van der Waals surface area contributed by atoms with Gasteiger partial charge in [-0.25, -0.2) is 4.98 Å². The van der Waals surface area contributed by atoms with E-state index in [1.165, 1.54) is 0 Å². The molecule has 0 spiro atoms. The summed E-state index contributed by atoms with van der Waals surface area (Å²) in [5, 5.41) is 6.51. The lowest BCUT2D eigenvalue weighted by Gasteiger charge is -2.30. The van der Waals surface area contributed by atoms with Gasteiger partial charge >= 0.3 is 0 Å². The number of nitrogens with zero attached hydrogens (tertiary/aromatic N) is 1. The molecule has 1 amide bonds. The average molecular weight is 345 g/mol. The molecule has 2 unspecified atom stereocenters. The molecular weight excluding hydrogens is 322 g/mol. The van der Waals surface area contributed by atoms with Gasteiger partial charge in [0.25, 0.3) is 0 Å². The first-order chi connectivity index (χ1) is 11.7. The molecule has 0 aliphatic carbocycles. The minimum absolute atomic E-state index is 0.0901. The molecule has 2 aromatic rings. The lowest BCUT2D eigenvalue weighted by atomic mass is 10.00. The summed E-state index contributed by atoms with van der Waals surface area (Å²) in [6, 6.07) is 10.4. The summed E-state index contributed by atoms with van der Waals surface area (Å²) >= 11 is 1.56. The number of carbonyl (C=O) groups is 1. The molecule has 2 heterocycles. The molecule has 1 aliphatic rings. The Labute approximate surface area is 146 Å². The zero-order chi connectivity index (χ0) is 16.8. The fourth-order valence-corrected chi connectivity index (χ4v) is 3.54.